The quantitative estimate of drug-likeness (QED) is 0.657. The minimum absolute atomic E-state index is 0.00269. The molecule has 74 valence electrons. The van der Waals surface area contributed by atoms with Crippen molar-refractivity contribution in [2.45, 2.75) is 32.9 Å². The van der Waals surface area contributed by atoms with Gasteiger partial charge in [-0.05, 0) is 12.8 Å². The highest BCUT2D eigenvalue weighted by molar-refractivity contribution is 5.99. The Morgan fingerprint density at radius 3 is 2.08 bits per heavy atom. The molecular formula is C9H11F3O. The van der Waals surface area contributed by atoms with E-state index in [1.54, 1.807) is 13.8 Å². The normalized spacial score (nSPS) is 17.7. The molecule has 0 aromatic rings. The van der Waals surface area contributed by atoms with Gasteiger partial charge in [0.1, 0.15) is 0 Å². The SMILES string of the molecule is CC(C)C(=O)C1=C(C(F)(F)F)CC1. The second-order valence-electron chi connectivity index (χ2n) is 3.47. The molecule has 1 nitrogen and oxygen atoms in total. The topological polar surface area (TPSA) is 17.1 Å². The monoisotopic (exact) mass is 192 g/mol. The van der Waals surface area contributed by atoms with E-state index in [1.165, 1.54) is 0 Å². The minimum atomic E-state index is -4.31. The van der Waals surface area contributed by atoms with E-state index in [0.29, 0.717) is 0 Å². The van der Waals surface area contributed by atoms with Crippen LogP contribution in [0.5, 0.6) is 0 Å². The van der Waals surface area contributed by atoms with E-state index >= 15 is 0 Å². The summed E-state index contributed by atoms with van der Waals surface area (Å²) in [5.41, 5.74) is -0.631. The van der Waals surface area contributed by atoms with E-state index in [-0.39, 0.29) is 30.1 Å². The Morgan fingerprint density at radius 1 is 1.31 bits per heavy atom. The van der Waals surface area contributed by atoms with Crippen LogP contribution in [0, 0.1) is 5.92 Å². The summed E-state index contributed by atoms with van der Waals surface area (Å²) >= 11 is 0. The second kappa shape index (κ2) is 3.16. The van der Waals surface area contributed by atoms with Gasteiger partial charge in [0.05, 0.1) is 0 Å². The number of Topliss-reactive ketones (excluding diaryl/α,β-unsaturated/α-hetero) is 1. The van der Waals surface area contributed by atoms with E-state index in [0.717, 1.165) is 0 Å². The van der Waals surface area contributed by atoms with Crippen molar-refractivity contribution < 1.29 is 18.0 Å². The Labute approximate surface area is 74.6 Å². The first kappa shape index (κ1) is 10.3. The zero-order chi connectivity index (χ0) is 10.2. The first-order chi connectivity index (χ1) is 5.84. The van der Waals surface area contributed by atoms with Gasteiger partial charge >= 0.3 is 6.18 Å². The van der Waals surface area contributed by atoms with Gasteiger partial charge in [-0.3, -0.25) is 4.79 Å². The molecule has 13 heavy (non-hydrogen) atoms. The summed E-state index contributed by atoms with van der Waals surface area (Å²) in [4.78, 5) is 11.2. The number of carbonyl (C=O) groups excluding carboxylic acids is 1. The van der Waals surface area contributed by atoms with Crippen LogP contribution in [0.3, 0.4) is 0 Å². The second-order valence-corrected chi connectivity index (χ2v) is 3.47. The summed E-state index contributed by atoms with van der Waals surface area (Å²) in [5, 5.41) is 0. The lowest BCUT2D eigenvalue weighted by Gasteiger charge is -2.25. The zero-order valence-electron chi connectivity index (χ0n) is 7.53. The van der Waals surface area contributed by atoms with Crippen LogP contribution >= 0.6 is 0 Å². The van der Waals surface area contributed by atoms with Gasteiger partial charge in [-0.15, -0.1) is 0 Å². The van der Waals surface area contributed by atoms with Gasteiger partial charge in [0.2, 0.25) is 0 Å². The fourth-order valence-corrected chi connectivity index (χ4v) is 1.31. The summed E-state index contributed by atoms with van der Waals surface area (Å²) in [5.74, 6) is -0.703. The van der Waals surface area contributed by atoms with Gasteiger partial charge in [-0.25, -0.2) is 0 Å². The van der Waals surface area contributed by atoms with Crippen molar-refractivity contribution in [3.8, 4) is 0 Å². The van der Waals surface area contributed by atoms with Gasteiger partial charge in [-0.1, -0.05) is 13.8 Å². The molecule has 1 aliphatic carbocycles. The summed E-state index contributed by atoms with van der Waals surface area (Å²) in [6.45, 7) is 3.23. The molecule has 0 aromatic carbocycles. The van der Waals surface area contributed by atoms with Gasteiger partial charge < -0.3 is 0 Å². The van der Waals surface area contributed by atoms with Crippen molar-refractivity contribution in [3.63, 3.8) is 0 Å². The molecule has 0 aliphatic heterocycles. The fourth-order valence-electron chi connectivity index (χ4n) is 1.31. The van der Waals surface area contributed by atoms with Crippen LogP contribution in [0.2, 0.25) is 0 Å². The smallest absolute Gasteiger partial charge is 0.294 e. The molecule has 0 saturated heterocycles. The number of hydrogen-bond acceptors (Lipinski definition) is 1. The number of carbonyl (C=O) groups is 1. The van der Waals surface area contributed by atoms with E-state index in [9.17, 15) is 18.0 Å². The predicted octanol–water partition coefficient (Wildman–Crippen LogP) is 2.86. The first-order valence-corrected chi connectivity index (χ1v) is 4.17. The summed E-state index contributed by atoms with van der Waals surface area (Å²) in [6.07, 6.45) is -4.03. The highest BCUT2D eigenvalue weighted by Gasteiger charge is 2.42. The molecule has 1 aliphatic rings. The third-order valence-corrected chi connectivity index (χ3v) is 2.15. The van der Waals surface area contributed by atoms with E-state index < -0.39 is 11.7 Å². The average molecular weight is 192 g/mol. The molecular weight excluding hydrogens is 181 g/mol. The third-order valence-electron chi connectivity index (χ3n) is 2.15. The third kappa shape index (κ3) is 1.92. The molecule has 4 heteroatoms. The molecule has 0 atom stereocenters. The molecule has 0 radical (unpaired) electrons. The van der Waals surface area contributed by atoms with Crippen LogP contribution in [0.1, 0.15) is 26.7 Å². The highest BCUT2D eigenvalue weighted by Crippen LogP contribution is 2.41. The number of rotatable bonds is 2. The van der Waals surface area contributed by atoms with Crippen LogP contribution in [0.15, 0.2) is 11.1 Å². The maximum absolute atomic E-state index is 12.2. The lowest BCUT2D eigenvalue weighted by atomic mass is 9.82. The van der Waals surface area contributed by atoms with E-state index in [2.05, 4.69) is 0 Å². The van der Waals surface area contributed by atoms with Crippen LogP contribution in [0.4, 0.5) is 13.2 Å². The van der Waals surface area contributed by atoms with Crippen molar-refractivity contribution in [2.24, 2.45) is 5.92 Å². The highest BCUT2D eigenvalue weighted by atomic mass is 19.4. The zero-order valence-corrected chi connectivity index (χ0v) is 7.53. The van der Waals surface area contributed by atoms with Crippen LogP contribution in [-0.2, 0) is 4.79 Å². The lowest BCUT2D eigenvalue weighted by molar-refractivity contribution is -0.122. The summed E-state index contributed by atoms with van der Waals surface area (Å²) in [7, 11) is 0. The number of ketones is 1. The number of alkyl halides is 3. The van der Waals surface area contributed by atoms with Gasteiger partial charge in [0, 0.05) is 17.1 Å². The molecule has 0 heterocycles. The average Bonchev–Trinajstić information content (AvgIpc) is 1.79. The number of hydrogen-bond donors (Lipinski definition) is 0. The Bertz CT molecular complexity index is 261. The van der Waals surface area contributed by atoms with Gasteiger partial charge in [0.15, 0.2) is 5.78 Å². The number of halogens is 3. The fraction of sp³-hybridized carbons (Fsp3) is 0.667. The molecule has 1 rings (SSSR count). The van der Waals surface area contributed by atoms with Gasteiger partial charge in [-0.2, -0.15) is 13.2 Å². The van der Waals surface area contributed by atoms with Crippen molar-refractivity contribution in [1.29, 1.82) is 0 Å². The molecule has 0 spiro atoms. The first-order valence-electron chi connectivity index (χ1n) is 4.17. The molecule has 0 saturated carbocycles. The van der Waals surface area contributed by atoms with Crippen molar-refractivity contribution in [1.82, 2.24) is 0 Å². The molecule has 0 unspecified atom stereocenters. The Morgan fingerprint density at radius 2 is 1.85 bits per heavy atom. The van der Waals surface area contributed by atoms with Crippen LogP contribution < -0.4 is 0 Å². The maximum Gasteiger partial charge on any atom is 0.413 e. The molecule has 0 aromatic heterocycles. The predicted molar refractivity (Wildman–Crippen MR) is 42.2 cm³/mol. The van der Waals surface area contributed by atoms with Crippen molar-refractivity contribution in [2.75, 3.05) is 0 Å². The standard InChI is InChI=1S/C9H11F3O/c1-5(2)8(13)6-3-4-7(6)9(10,11)12/h5H,3-4H2,1-2H3. The van der Waals surface area contributed by atoms with Crippen LogP contribution in [0.25, 0.3) is 0 Å². The van der Waals surface area contributed by atoms with Gasteiger partial charge in [0.25, 0.3) is 0 Å². The molecule has 0 bridgehead atoms. The summed E-state index contributed by atoms with van der Waals surface area (Å²) in [6, 6.07) is 0. The van der Waals surface area contributed by atoms with E-state index in [1.807, 2.05) is 0 Å². The van der Waals surface area contributed by atoms with Crippen molar-refractivity contribution >= 4 is 5.78 Å². The maximum atomic E-state index is 12.2. The largest absolute Gasteiger partial charge is 0.413 e. The Hall–Kier alpha value is -0.800. The Kier molecular flexibility index (Phi) is 2.50. The van der Waals surface area contributed by atoms with Crippen molar-refractivity contribution in [3.05, 3.63) is 11.1 Å². The summed E-state index contributed by atoms with van der Waals surface area (Å²) < 4.78 is 36.5. The number of allylic oxidation sites excluding steroid dienone is 2. The Balaban J connectivity index is 2.89. The van der Waals surface area contributed by atoms with Crippen LogP contribution in [-0.4, -0.2) is 12.0 Å². The van der Waals surface area contributed by atoms with E-state index in [4.69, 9.17) is 0 Å². The molecule has 0 N–H and O–H groups in total. The molecule has 0 amide bonds. The molecule has 0 fully saturated rings. The lowest BCUT2D eigenvalue weighted by Crippen LogP contribution is -2.26. The minimum Gasteiger partial charge on any atom is -0.294 e.